The summed E-state index contributed by atoms with van der Waals surface area (Å²) in [4.78, 5) is 2.34. The lowest BCUT2D eigenvalue weighted by Gasteiger charge is -2.26. The lowest BCUT2D eigenvalue weighted by molar-refractivity contribution is -0.00348. The lowest BCUT2D eigenvalue weighted by Crippen LogP contribution is -2.39. The van der Waals surface area contributed by atoms with Gasteiger partial charge in [0.1, 0.15) is 0 Å². The van der Waals surface area contributed by atoms with Crippen LogP contribution >= 0.6 is 0 Å². The van der Waals surface area contributed by atoms with Gasteiger partial charge in [-0.1, -0.05) is 36.8 Å². The molecule has 1 heterocycles. The second kappa shape index (κ2) is 6.96. The Morgan fingerprint density at radius 1 is 1.05 bits per heavy atom. The van der Waals surface area contributed by atoms with Gasteiger partial charge in [-0.25, -0.2) is 0 Å². The van der Waals surface area contributed by atoms with Gasteiger partial charge in [0.2, 0.25) is 0 Å². The highest BCUT2D eigenvalue weighted by molar-refractivity contribution is 5.20. The first-order chi connectivity index (χ1) is 9.18. The van der Waals surface area contributed by atoms with Crippen LogP contribution in [0, 0.1) is 0 Å². The van der Waals surface area contributed by atoms with Gasteiger partial charge in [0.15, 0.2) is 0 Å². The minimum atomic E-state index is -2.79. The van der Waals surface area contributed by atoms with Crippen LogP contribution in [0.4, 0.5) is 8.78 Å². The van der Waals surface area contributed by atoms with Gasteiger partial charge in [0, 0.05) is 18.7 Å². The highest BCUT2D eigenvalue weighted by Crippen LogP contribution is 2.26. The predicted octanol–water partition coefficient (Wildman–Crippen LogP) is 2.85. The van der Waals surface area contributed by atoms with Crippen LogP contribution in [0.2, 0.25) is 0 Å². The molecule has 0 spiro atoms. The van der Waals surface area contributed by atoms with Crippen LogP contribution < -0.4 is 5.32 Å². The largest absolute Gasteiger partial charge is 0.310 e. The fourth-order valence-electron chi connectivity index (χ4n) is 2.45. The number of nitrogens with zero attached hydrogens (tertiary/aromatic N) is 1. The first kappa shape index (κ1) is 14.4. The van der Waals surface area contributed by atoms with Crippen molar-refractivity contribution < 1.29 is 8.78 Å². The van der Waals surface area contributed by atoms with Gasteiger partial charge in [-0.2, -0.15) is 8.78 Å². The Morgan fingerprint density at radius 2 is 1.74 bits per heavy atom. The summed E-state index contributed by atoms with van der Waals surface area (Å²) >= 11 is 0. The molecule has 1 saturated heterocycles. The molecule has 1 aliphatic heterocycles. The van der Waals surface area contributed by atoms with Crippen LogP contribution in [0.25, 0.3) is 0 Å². The molecule has 1 aromatic rings. The predicted molar refractivity (Wildman–Crippen MR) is 73.5 cm³/mol. The molecular formula is C15H22F2N2. The Morgan fingerprint density at radius 3 is 2.42 bits per heavy atom. The van der Waals surface area contributed by atoms with E-state index in [2.05, 4.69) is 10.2 Å². The van der Waals surface area contributed by atoms with Crippen molar-refractivity contribution in [2.75, 3.05) is 32.7 Å². The van der Waals surface area contributed by atoms with Crippen molar-refractivity contribution >= 4 is 0 Å². The smallest absolute Gasteiger partial charge is 0.285 e. The van der Waals surface area contributed by atoms with E-state index < -0.39 is 5.92 Å². The van der Waals surface area contributed by atoms with Crippen LogP contribution in [0.1, 0.15) is 24.8 Å². The van der Waals surface area contributed by atoms with Crippen molar-refractivity contribution in [1.29, 1.82) is 0 Å². The minimum Gasteiger partial charge on any atom is -0.310 e. The Bertz CT molecular complexity index is 362. The molecule has 1 aromatic carbocycles. The minimum absolute atomic E-state index is 0.0838. The summed E-state index contributed by atoms with van der Waals surface area (Å²) in [5.74, 6) is -2.79. The highest BCUT2D eigenvalue weighted by Gasteiger charge is 2.30. The number of halogens is 2. The SMILES string of the molecule is FC(F)(CNCCN1CCCCC1)c1ccccc1. The number of hydrogen-bond donors (Lipinski definition) is 1. The third kappa shape index (κ3) is 4.55. The van der Waals surface area contributed by atoms with Crippen LogP contribution in [0.3, 0.4) is 0 Å². The van der Waals surface area contributed by atoms with Crippen molar-refractivity contribution in [3.63, 3.8) is 0 Å². The maximum Gasteiger partial charge on any atom is 0.285 e. The van der Waals surface area contributed by atoms with E-state index >= 15 is 0 Å². The van der Waals surface area contributed by atoms with Gasteiger partial charge in [0.05, 0.1) is 6.54 Å². The van der Waals surface area contributed by atoms with Gasteiger partial charge in [-0.3, -0.25) is 0 Å². The molecule has 0 bridgehead atoms. The Hall–Kier alpha value is -1.00. The van der Waals surface area contributed by atoms with E-state index in [-0.39, 0.29) is 12.1 Å². The van der Waals surface area contributed by atoms with E-state index in [4.69, 9.17) is 0 Å². The van der Waals surface area contributed by atoms with Crippen LogP contribution in [-0.4, -0.2) is 37.6 Å². The fraction of sp³-hybridized carbons (Fsp3) is 0.600. The van der Waals surface area contributed by atoms with Crippen molar-refractivity contribution in [3.8, 4) is 0 Å². The molecule has 0 aromatic heterocycles. The van der Waals surface area contributed by atoms with Crippen LogP contribution in [0.15, 0.2) is 30.3 Å². The molecule has 0 saturated carbocycles. The molecule has 4 heteroatoms. The molecule has 0 aliphatic carbocycles. The maximum absolute atomic E-state index is 13.8. The molecule has 1 N–H and O–H groups in total. The topological polar surface area (TPSA) is 15.3 Å². The summed E-state index contributed by atoms with van der Waals surface area (Å²) in [7, 11) is 0. The van der Waals surface area contributed by atoms with E-state index in [0.29, 0.717) is 6.54 Å². The monoisotopic (exact) mass is 268 g/mol. The molecule has 0 amide bonds. The zero-order valence-electron chi connectivity index (χ0n) is 11.2. The zero-order chi connectivity index (χ0) is 13.6. The van der Waals surface area contributed by atoms with E-state index in [1.807, 2.05) is 0 Å². The molecule has 0 atom stereocenters. The van der Waals surface area contributed by atoms with Gasteiger partial charge >= 0.3 is 0 Å². The van der Waals surface area contributed by atoms with Crippen molar-refractivity contribution in [3.05, 3.63) is 35.9 Å². The molecule has 106 valence electrons. The molecule has 1 fully saturated rings. The fourth-order valence-corrected chi connectivity index (χ4v) is 2.45. The number of likely N-dealkylation sites (tertiary alicyclic amines) is 1. The Kier molecular flexibility index (Phi) is 5.28. The molecule has 0 radical (unpaired) electrons. The molecule has 19 heavy (non-hydrogen) atoms. The number of nitrogens with one attached hydrogen (secondary N) is 1. The number of piperidine rings is 1. The summed E-state index contributed by atoms with van der Waals surface area (Å²) in [6.45, 7) is 3.42. The maximum atomic E-state index is 13.8. The summed E-state index contributed by atoms with van der Waals surface area (Å²) in [6, 6.07) is 8.01. The van der Waals surface area contributed by atoms with Gasteiger partial charge < -0.3 is 10.2 Å². The number of hydrogen-bond acceptors (Lipinski definition) is 2. The third-order valence-electron chi connectivity index (χ3n) is 3.60. The standard InChI is InChI=1S/C15H22F2N2/c16-15(17,14-7-3-1-4-8-14)13-18-9-12-19-10-5-2-6-11-19/h1,3-4,7-8,18H,2,5-6,9-13H2. The average molecular weight is 268 g/mol. The number of alkyl halides is 2. The second-order valence-electron chi connectivity index (χ2n) is 5.15. The van der Waals surface area contributed by atoms with Gasteiger partial charge in [-0.05, 0) is 25.9 Å². The quantitative estimate of drug-likeness (QED) is 0.798. The summed E-state index contributed by atoms with van der Waals surface area (Å²) in [6.07, 6.45) is 3.77. The first-order valence-electron chi connectivity index (χ1n) is 7.05. The molecule has 2 rings (SSSR count). The number of benzene rings is 1. The van der Waals surface area contributed by atoms with Crippen molar-refractivity contribution in [2.45, 2.75) is 25.2 Å². The molecule has 2 nitrogen and oxygen atoms in total. The van der Waals surface area contributed by atoms with E-state index in [0.717, 1.165) is 19.6 Å². The normalized spacial score (nSPS) is 17.6. The van der Waals surface area contributed by atoms with Crippen molar-refractivity contribution in [1.82, 2.24) is 10.2 Å². The zero-order valence-corrected chi connectivity index (χ0v) is 11.2. The van der Waals surface area contributed by atoms with Crippen LogP contribution in [-0.2, 0) is 5.92 Å². The van der Waals surface area contributed by atoms with E-state index in [1.165, 1.54) is 31.4 Å². The van der Waals surface area contributed by atoms with E-state index in [1.54, 1.807) is 18.2 Å². The van der Waals surface area contributed by atoms with Crippen LogP contribution in [0.5, 0.6) is 0 Å². The summed E-state index contributed by atoms with van der Waals surface area (Å²) in [5, 5.41) is 2.88. The Labute approximate surface area is 113 Å². The summed E-state index contributed by atoms with van der Waals surface area (Å²) < 4.78 is 27.7. The molecule has 0 unspecified atom stereocenters. The average Bonchev–Trinajstić information content (AvgIpc) is 2.46. The lowest BCUT2D eigenvalue weighted by atomic mass is 10.1. The Balaban J connectivity index is 1.69. The van der Waals surface area contributed by atoms with Crippen molar-refractivity contribution in [2.24, 2.45) is 0 Å². The molecule has 1 aliphatic rings. The highest BCUT2D eigenvalue weighted by atomic mass is 19.3. The van der Waals surface area contributed by atoms with Gasteiger partial charge in [-0.15, -0.1) is 0 Å². The molecular weight excluding hydrogens is 246 g/mol. The first-order valence-corrected chi connectivity index (χ1v) is 7.05. The summed E-state index contributed by atoms with van der Waals surface area (Å²) in [5.41, 5.74) is 0.0838. The number of rotatable bonds is 6. The van der Waals surface area contributed by atoms with Gasteiger partial charge in [0.25, 0.3) is 5.92 Å². The van der Waals surface area contributed by atoms with E-state index in [9.17, 15) is 8.78 Å². The second-order valence-corrected chi connectivity index (χ2v) is 5.15. The third-order valence-corrected chi connectivity index (χ3v) is 3.60.